The Bertz CT molecular complexity index is 937. The Kier molecular flexibility index (Phi) is 6.34. The zero-order valence-corrected chi connectivity index (χ0v) is 16.8. The molecular formula is C16H12Cl4N2O4. The first-order chi connectivity index (χ1) is 12.1. The zero-order valence-electron chi connectivity index (χ0n) is 13.8. The van der Waals surface area contributed by atoms with Crippen LogP contribution in [0.1, 0.15) is 49.5 Å². The molecule has 6 nitrogen and oxygen atoms in total. The predicted octanol–water partition coefficient (Wildman–Crippen LogP) is 4.88. The minimum atomic E-state index is -0.989. The second-order valence-corrected chi connectivity index (χ2v) is 6.87. The van der Waals surface area contributed by atoms with Crippen LogP contribution in [-0.4, -0.2) is 34.1 Å². The van der Waals surface area contributed by atoms with Crippen LogP contribution in [0.4, 0.5) is 0 Å². The summed E-state index contributed by atoms with van der Waals surface area (Å²) in [7, 11) is 0. The van der Waals surface area contributed by atoms with Gasteiger partial charge < -0.3 is 9.72 Å². The number of ketones is 2. The lowest BCUT2D eigenvalue weighted by Gasteiger charge is -2.08. The van der Waals surface area contributed by atoms with Gasteiger partial charge in [-0.3, -0.25) is 9.59 Å². The van der Waals surface area contributed by atoms with Crippen LogP contribution in [-0.2, 0) is 4.74 Å². The quantitative estimate of drug-likeness (QED) is 0.409. The summed E-state index contributed by atoms with van der Waals surface area (Å²) < 4.78 is 4.94. The van der Waals surface area contributed by atoms with E-state index in [0.717, 1.165) is 0 Å². The average molecular weight is 438 g/mol. The van der Waals surface area contributed by atoms with Gasteiger partial charge in [-0.15, -0.1) is 0 Å². The highest BCUT2D eigenvalue weighted by Gasteiger charge is 2.24. The molecule has 0 aliphatic carbocycles. The number of aromatic amines is 1. The molecule has 0 aliphatic heterocycles. The minimum Gasteiger partial charge on any atom is -0.452 e. The van der Waals surface area contributed by atoms with Crippen molar-refractivity contribution >= 4 is 63.9 Å². The molecule has 2 heterocycles. The van der Waals surface area contributed by atoms with Crippen molar-refractivity contribution in [3.8, 4) is 0 Å². The summed E-state index contributed by atoms with van der Waals surface area (Å²) in [5, 5.41) is -0.695. The number of ether oxygens (including phenoxy) is 1. The molecule has 0 spiro atoms. The second-order valence-electron chi connectivity index (χ2n) is 5.37. The first-order valence-corrected chi connectivity index (χ1v) is 8.67. The Morgan fingerprint density at radius 3 is 2.19 bits per heavy atom. The Hall–Kier alpha value is -1.60. The number of carbonyl (C=O) groups is 3. The van der Waals surface area contributed by atoms with Crippen molar-refractivity contribution in [3.63, 3.8) is 0 Å². The monoisotopic (exact) mass is 436 g/mol. The number of nitrogens with zero attached hydrogens (tertiary/aromatic N) is 1. The van der Waals surface area contributed by atoms with Crippen molar-refractivity contribution in [2.75, 3.05) is 6.61 Å². The molecule has 1 N–H and O–H groups in total. The third kappa shape index (κ3) is 3.88. The van der Waals surface area contributed by atoms with Gasteiger partial charge in [0, 0.05) is 11.3 Å². The van der Waals surface area contributed by atoms with Gasteiger partial charge in [-0.2, -0.15) is 0 Å². The Morgan fingerprint density at radius 1 is 1.04 bits per heavy atom. The van der Waals surface area contributed by atoms with Crippen LogP contribution in [0.3, 0.4) is 0 Å². The zero-order chi connectivity index (χ0) is 19.8. The van der Waals surface area contributed by atoms with Gasteiger partial charge in [-0.05, 0) is 26.3 Å². The van der Waals surface area contributed by atoms with Crippen molar-refractivity contribution in [1.82, 2.24) is 9.97 Å². The highest BCUT2D eigenvalue weighted by Crippen LogP contribution is 2.36. The normalized spacial score (nSPS) is 10.7. The smallest absolute Gasteiger partial charge is 0.359 e. The topological polar surface area (TPSA) is 89.1 Å². The lowest BCUT2D eigenvalue weighted by atomic mass is 10.1. The van der Waals surface area contributed by atoms with Gasteiger partial charge in [0.2, 0.25) is 5.78 Å². The van der Waals surface area contributed by atoms with E-state index in [-0.39, 0.29) is 37.4 Å². The van der Waals surface area contributed by atoms with E-state index < -0.39 is 18.4 Å². The lowest BCUT2D eigenvalue weighted by Crippen LogP contribution is -2.17. The summed E-state index contributed by atoms with van der Waals surface area (Å²) in [4.78, 5) is 42.6. The molecule has 10 heteroatoms. The molecule has 26 heavy (non-hydrogen) atoms. The van der Waals surface area contributed by atoms with Gasteiger partial charge in [0.15, 0.2) is 18.1 Å². The number of hydrogen-bond donors (Lipinski definition) is 1. The summed E-state index contributed by atoms with van der Waals surface area (Å²) in [5.74, 6) is -1.68. The molecule has 2 rings (SSSR count). The number of aromatic nitrogens is 2. The van der Waals surface area contributed by atoms with E-state index in [1.807, 2.05) is 0 Å². The fourth-order valence-corrected chi connectivity index (χ4v) is 3.26. The van der Waals surface area contributed by atoms with Crippen molar-refractivity contribution in [1.29, 1.82) is 0 Å². The maximum absolute atomic E-state index is 12.3. The average Bonchev–Trinajstić information content (AvgIpc) is 2.88. The van der Waals surface area contributed by atoms with E-state index in [1.54, 1.807) is 13.8 Å². The number of pyridine rings is 1. The first kappa shape index (κ1) is 20.7. The number of rotatable bonds is 5. The van der Waals surface area contributed by atoms with Crippen LogP contribution in [0.15, 0.2) is 0 Å². The van der Waals surface area contributed by atoms with E-state index in [2.05, 4.69) is 9.97 Å². The summed E-state index contributed by atoms with van der Waals surface area (Å²) >= 11 is 23.3. The largest absolute Gasteiger partial charge is 0.452 e. The Labute approximate surface area is 168 Å². The highest BCUT2D eigenvalue weighted by atomic mass is 35.5. The molecule has 0 radical (unpaired) electrons. The maximum atomic E-state index is 12.3. The Balaban J connectivity index is 2.20. The Morgan fingerprint density at radius 2 is 1.65 bits per heavy atom. The molecule has 0 fully saturated rings. The van der Waals surface area contributed by atoms with Gasteiger partial charge >= 0.3 is 5.97 Å². The molecule has 0 bridgehead atoms. The molecule has 0 amide bonds. The van der Waals surface area contributed by atoms with Crippen LogP contribution in [0, 0.1) is 13.8 Å². The minimum absolute atomic E-state index is 0.0970. The van der Waals surface area contributed by atoms with Crippen LogP contribution in [0.2, 0.25) is 20.2 Å². The van der Waals surface area contributed by atoms with Crippen molar-refractivity contribution in [2.45, 2.75) is 20.8 Å². The van der Waals surface area contributed by atoms with E-state index in [4.69, 9.17) is 51.1 Å². The fraction of sp³-hybridized carbons (Fsp3) is 0.250. The molecule has 0 aliphatic rings. The molecule has 0 saturated heterocycles. The van der Waals surface area contributed by atoms with Crippen LogP contribution < -0.4 is 0 Å². The number of H-pyrrole nitrogens is 1. The maximum Gasteiger partial charge on any atom is 0.359 e. The number of nitrogens with one attached hydrogen (secondary N) is 1. The van der Waals surface area contributed by atoms with Gasteiger partial charge in [-0.1, -0.05) is 46.4 Å². The van der Waals surface area contributed by atoms with Gasteiger partial charge in [-0.25, -0.2) is 9.78 Å². The number of hydrogen-bond acceptors (Lipinski definition) is 5. The summed E-state index contributed by atoms with van der Waals surface area (Å²) in [6.07, 6.45) is 0. The summed E-state index contributed by atoms with van der Waals surface area (Å²) in [5.41, 5.74) is 1.31. The number of aryl methyl sites for hydroxylation is 1. The molecule has 0 saturated carbocycles. The van der Waals surface area contributed by atoms with Gasteiger partial charge in [0.25, 0.3) is 0 Å². The molecular weight excluding hydrogens is 426 g/mol. The molecule has 0 aromatic carbocycles. The molecule has 0 atom stereocenters. The van der Waals surface area contributed by atoms with E-state index >= 15 is 0 Å². The fourth-order valence-electron chi connectivity index (χ4n) is 2.45. The first-order valence-electron chi connectivity index (χ1n) is 7.16. The van der Waals surface area contributed by atoms with Gasteiger partial charge in [0.05, 0.1) is 20.8 Å². The number of Topliss-reactive ketones (excluding diaryl/α,β-unsaturated/α-hetero) is 2. The lowest BCUT2D eigenvalue weighted by molar-refractivity contribution is 0.0467. The third-order valence-electron chi connectivity index (χ3n) is 3.58. The second kappa shape index (κ2) is 7.96. The highest BCUT2D eigenvalue weighted by molar-refractivity contribution is 6.52. The SMILES string of the molecule is CC(=O)c1c(C)[nH]c(C(=O)COC(=O)c2nc(Cl)c(Cl)c(Cl)c2Cl)c1C. The van der Waals surface area contributed by atoms with E-state index in [1.165, 1.54) is 6.92 Å². The predicted molar refractivity (Wildman–Crippen MR) is 99.2 cm³/mol. The number of esters is 1. The molecule has 0 unspecified atom stereocenters. The van der Waals surface area contributed by atoms with Crippen molar-refractivity contribution in [2.24, 2.45) is 0 Å². The molecule has 2 aromatic heterocycles. The van der Waals surface area contributed by atoms with Crippen molar-refractivity contribution in [3.05, 3.63) is 48.4 Å². The summed E-state index contributed by atoms with van der Waals surface area (Å²) in [6.45, 7) is 4.12. The number of carbonyl (C=O) groups excluding carboxylic acids is 3. The number of halogens is 4. The summed E-state index contributed by atoms with van der Waals surface area (Å²) in [6, 6.07) is 0. The van der Waals surface area contributed by atoms with E-state index in [9.17, 15) is 14.4 Å². The third-order valence-corrected chi connectivity index (χ3v) is 5.26. The van der Waals surface area contributed by atoms with Crippen molar-refractivity contribution < 1.29 is 19.1 Å². The van der Waals surface area contributed by atoms with Crippen LogP contribution in [0.25, 0.3) is 0 Å². The van der Waals surface area contributed by atoms with E-state index in [0.29, 0.717) is 16.8 Å². The molecule has 138 valence electrons. The van der Waals surface area contributed by atoms with Crippen LogP contribution in [0.5, 0.6) is 0 Å². The molecule has 2 aromatic rings. The van der Waals surface area contributed by atoms with Gasteiger partial charge in [0.1, 0.15) is 5.15 Å². The standard InChI is InChI=1S/C16H12Cl4N2O4/c1-5-9(7(3)23)6(2)21-13(5)8(24)4-26-16(25)14-11(18)10(17)12(19)15(20)22-14/h21H,4H2,1-3H3. The van der Waals surface area contributed by atoms with Crippen LogP contribution >= 0.6 is 46.4 Å².